The third-order valence-corrected chi connectivity index (χ3v) is 7.78. The second-order valence-corrected chi connectivity index (χ2v) is 10.4. The van der Waals surface area contributed by atoms with Gasteiger partial charge in [0.25, 0.3) is 5.95 Å². The van der Waals surface area contributed by atoms with E-state index < -0.39 is 0 Å². The van der Waals surface area contributed by atoms with Crippen molar-refractivity contribution in [2.45, 2.75) is 38.3 Å². The number of aromatic nitrogens is 7. The molecule has 11 nitrogen and oxygen atoms in total. The van der Waals surface area contributed by atoms with Crippen LogP contribution < -0.4 is 9.47 Å². The van der Waals surface area contributed by atoms with Crippen LogP contribution in [0.15, 0.2) is 42.4 Å². The normalized spacial score (nSPS) is 19.5. The molecule has 5 heterocycles. The van der Waals surface area contributed by atoms with Crippen molar-refractivity contribution < 1.29 is 9.47 Å². The van der Waals surface area contributed by atoms with Crippen LogP contribution in [0.25, 0.3) is 5.95 Å². The molecular weight excluding hydrogens is 490 g/mol. The quantitative estimate of drug-likeness (QED) is 0.345. The summed E-state index contributed by atoms with van der Waals surface area (Å²) in [6, 6.07) is 6.22. The molecule has 0 spiro atoms. The Morgan fingerprint density at radius 1 is 1.16 bits per heavy atom. The lowest BCUT2D eigenvalue weighted by Gasteiger charge is -2.38. The number of benzene rings is 1. The molecule has 12 heteroatoms. The highest BCUT2D eigenvalue weighted by atomic mass is 32.1. The van der Waals surface area contributed by atoms with Crippen molar-refractivity contribution in [3.05, 3.63) is 64.7 Å². The molecule has 0 radical (unpaired) electrons. The molecule has 1 aromatic carbocycles. The van der Waals surface area contributed by atoms with Crippen molar-refractivity contribution in [1.29, 1.82) is 0 Å². The Bertz CT molecular complexity index is 1330. The number of nitrogens with zero attached hydrogens (tertiary/aromatic N) is 9. The van der Waals surface area contributed by atoms with Gasteiger partial charge >= 0.3 is 0 Å². The smallest absolute Gasteiger partial charge is 0.255 e. The van der Waals surface area contributed by atoms with Crippen LogP contribution in [0, 0.1) is 6.92 Å². The van der Waals surface area contributed by atoms with Crippen molar-refractivity contribution in [3.8, 4) is 17.4 Å². The molecule has 3 aromatic heterocycles. The first kappa shape index (κ1) is 23.9. The average Bonchev–Trinajstić information content (AvgIpc) is 3.69. The zero-order chi connectivity index (χ0) is 25.2. The molecule has 192 valence electrons. The first-order chi connectivity index (χ1) is 18.1. The lowest BCUT2D eigenvalue weighted by molar-refractivity contribution is 0.113. The summed E-state index contributed by atoms with van der Waals surface area (Å²) in [6.45, 7) is 5.79. The molecule has 0 saturated carbocycles. The minimum atomic E-state index is 0.0607. The number of hydrogen-bond acceptors (Lipinski definition) is 11. The molecule has 1 saturated heterocycles. The second kappa shape index (κ2) is 10.5. The Hall–Kier alpha value is -3.48. The van der Waals surface area contributed by atoms with Crippen LogP contribution in [0.2, 0.25) is 0 Å². The Morgan fingerprint density at radius 3 is 2.92 bits per heavy atom. The van der Waals surface area contributed by atoms with Gasteiger partial charge in [0.15, 0.2) is 17.3 Å². The number of hydrogen-bond donors (Lipinski definition) is 0. The largest absolute Gasteiger partial charge is 0.454 e. The molecule has 6 rings (SSSR count). The van der Waals surface area contributed by atoms with Crippen LogP contribution in [0.5, 0.6) is 11.5 Å². The van der Waals surface area contributed by atoms with E-state index in [0.29, 0.717) is 24.5 Å². The van der Waals surface area contributed by atoms with Crippen molar-refractivity contribution in [2.24, 2.45) is 0 Å². The van der Waals surface area contributed by atoms with E-state index in [9.17, 15) is 0 Å². The van der Waals surface area contributed by atoms with Crippen molar-refractivity contribution in [3.63, 3.8) is 0 Å². The van der Waals surface area contributed by atoms with Crippen LogP contribution >= 0.6 is 11.3 Å². The molecule has 4 aromatic rings. The molecule has 2 unspecified atom stereocenters. The van der Waals surface area contributed by atoms with Gasteiger partial charge in [-0.25, -0.2) is 15.0 Å². The summed E-state index contributed by atoms with van der Waals surface area (Å²) < 4.78 is 12.6. The van der Waals surface area contributed by atoms with Crippen LogP contribution in [0.1, 0.15) is 47.0 Å². The van der Waals surface area contributed by atoms with E-state index >= 15 is 0 Å². The number of aryl methyl sites for hydroxylation is 1. The summed E-state index contributed by atoms with van der Waals surface area (Å²) in [6.07, 6.45) is 6.97. The van der Waals surface area contributed by atoms with E-state index in [0.717, 1.165) is 56.3 Å². The molecule has 2 atom stereocenters. The van der Waals surface area contributed by atoms with Gasteiger partial charge in [0.2, 0.25) is 6.79 Å². The van der Waals surface area contributed by atoms with Crippen LogP contribution in [-0.4, -0.2) is 78.0 Å². The molecule has 37 heavy (non-hydrogen) atoms. The zero-order valence-electron chi connectivity index (χ0n) is 20.9. The fraction of sp³-hybridized carbons (Fsp3) is 0.440. The van der Waals surface area contributed by atoms with Gasteiger partial charge in [-0.2, -0.15) is 19.7 Å². The van der Waals surface area contributed by atoms with Gasteiger partial charge in [0.05, 0.1) is 11.0 Å². The number of likely N-dealkylation sites (N-methyl/N-ethyl adjacent to an activating group) is 1. The number of piperidine rings is 1. The van der Waals surface area contributed by atoms with Gasteiger partial charge < -0.3 is 14.4 Å². The SMILES string of the molecule is Cc1nc(C2CC(c3nccs3)CCN2CCN(C)Cc2ccc3c(c2)OCO3)nc(-n2cncn2)n1. The van der Waals surface area contributed by atoms with Gasteiger partial charge in [-0.1, -0.05) is 6.07 Å². The van der Waals surface area contributed by atoms with E-state index in [1.165, 1.54) is 16.9 Å². The maximum atomic E-state index is 5.54. The standard InChI is InChI=1S/C25H29N9O2S/c1-17-29-23(31-25(30-17)34-15-26-14-28-34)20-12-19(24-27-6-10-37-24)5-7-33(20)9-8-32(2)13-18-3-4-21-22(11-18)36-16-35-21/h3-4,6,10-11,14-15,19-20H,5,7-9,12-13,16H2,1-2H3. The molecule has 0 N–H and O–H groups in total. The van der Waals surface area contributed by atoms with Crippen LogP contribution in [0.3, 0.4) is 0 Å². The lowest BCUT2D eigenvalue weighted by atomic mass is 9.90. The molecular formula is C25H29N9O2S. The summed E-state index contributed by atoms with van der Waals surface area (Å²) in [4.78, 5) is 27.6. The Kier molecular flexibility index (Phi) is 6.77. The summed E-state index contributed by atoms with van der Waals surface area (Å²) in [7, 11) is 2.15. The highest BCUT2D eigenvalue weighted by Gasteiger charge is 2.34. The number of ether oxygens (including phenoxy) is 2. The fourth-order valence-electron chi connectivity index (χ4n) is 4.99. The first-order valence-electron chi connectivity index (χ1n) is 12.4. The van der Waals surface area contributed by atoms with Gasteiger partial charge in [-0.15, -0.1) is 11.3 Å². The molecule has 1 fully saturated rings. The third-order valence-electron chi connectivity index (χ3n) is 6.85. The molecule has 2 aliphatic heterocycles. The first-order valence-corrected chi connectivity index (χ1v) is 13.3. The topological polar surface area (TPSA) is 107 Å². The van der Waals surface area contributed by atoms with Gasteiger partial charge in [0.1, 0.15) is 18.5 Å². The van der Waals surface area contributed by atoms with Gasteiger partial charge in [-0.3, -0.25) is 4.90 Å². The lowest BCUT2D eigenvalue weighted by Crippen LogP contribution is -2.41. The maximum Gasteiger partial charge on any atom is 0.255 e. The van der Waals surface area contributed by atoms with E-state index in [-0.39, 0.29) is 6.04 Å². The summed E-state index contributed by atoms with van der Waals surface area (Å²) in [5, 5.41) is 7.46. The summed E-state index contributed by atoms with van der Waals surface area (Å²) in [5.41, 5.74) is 1.20. The van der Waals surface area contributed by atoms with Crippen molar-refractivity contribution in [2.75, 3.05) is 33.5 Å². The summed E-state index contributed by atoms with van der Waals surface area (Å²) in [5.74, 6) is 3.97. The number of thiazole rings is 1. The number of likely N-dealkylation sites (tertiary alicyclic amines) is 1. The second-order valence-electron chi connectivity index (χ2n) is 9.45. The maximum absolute atomic E-state index is 5.54. The molecule has 0 aliphatic carbocycles. The van der Waals surface area contributed by atoms with E-state index in [4.69, 9.17) is 19.4 Å². The van der Waals surface area contributed by atoms with Crippen molar-refractivity contribution in [1.82, 2.24) is 44.5 Å². The number of fused-ring (bicyclic) bond motifs is 1. The number of rotatable bonds is 8. The predicted octanol–water partition coefficient (Wildman–Crippen LogP) is 3.00. The van der Waals surface area contributed by atoms with E-state index in [1.54, 1.807) is 22.3 Å². The molecule has 0 amide bonds. The minimum absolute atomic E-state index is 0.0607. The predicted molar refractivity (Wildman–Crippen MR) is 137 cm³/mol. The van der Waals surface area contributed by atoms with E-state index in [1.807, 2.05) is 19.2 Å². The van der Waals surface area contributed by atoms with Crippen LogP contribution in [0.4, 0.5) is 0 Å². The van der Waals surface area contributed by atoms with Gasteiger partial charge in [0, 0.05) is 37.1 Å². The summed E-state index contributed by atoms with van der Waals surface area (Å²) >= 11 is 1.73. The monoisotopic (exact) mass is 519 g/mol. The Labute approximate surface area is 219 Å². The van der Waals surface area contributed by atoms with Gasteiger partial charge in [-0.05, 0) is 51.1 Å². The van der Waals surface area contributed by atoms with Crippen LogP contribution in [-0.2, 0) is 6.54 Å². The highest BCUT2D eigenvalue weighted by Crippen LogP contribution is 2.39. The Morgan fingerprint density at radius 2 is 2.08 bits per heavy atom. The Balaban J connectivity index is 1.19. The fourth-order valence-corrected chi connectivity index (χ4v) is 5.78. The van der Waals surface area contributed by atoms with E-state index in [2.05, 4.69) is 54.4 Å². The zero-order valence-corrected chi connectivity index (χ0v) is 21.7. The van der Waals surface area contributed by atoms with Crippen molar-refractivity contribution >= 4 is 11.3 Å². The minimum Gasteiger partial charge on any atom is -0.454 e. The molecule has 0 bridgehead atoms. The highest BCUT2D eigenvalue weighted by molar-refractivity contribution is 7.09. The average molecular weight is 520 g/mol. The third kappa shape index (κ3) is 5.31. The molecule has 2 aliphatic rings.